The van der Waals surface area contributed by atoms with E-state index in [1.807, 2.05) is 36.4 Å². The summed E-state index contributed by atoms with van der Waals surface area (Å²) in [5, 5.41) is 2.88. The zero-order chi connectivity index (χ0) is 20.6. The van der Waals surface area contributed by atoms with E-state index in [-0.39, 0.29) is 17.6 Å². The Balaban J connectivity index is 1.48. The van der Waals surface area contributed by atoms with Gasteiger partial charge < -0.3 is 14.8 Å². The molecule has 0 radical (unpaired) electrons. The first-order valence-electron chi connectivity index (χ1n) is 9.27. The lowest BCUT2D eigenvalue weighted by Gasteiger charge is -2.42. The minimum atomic E-state index is -0.955. The van der Waals surface area contributed by atoms with Gasteiger partial charge in [0.15, 0.2) is 11.5 Å². The quantitative estimate of drug-likeness (QED) is 0.715. The highest BCUT2D eigenvalue weighted by molar-refractivity contribution is 9.10. The van der Waals surface area contributed by atoms with Gasteiger partial charge >= 0.3 is 0 Å². The molecule has 2 aliphatic heterocycles. The van der Waals surface area contributed by atoms with Crippen molar-refractivity contribution < 1.29 is 19.1 Å². The highest BCUT2D eigenvalue weighted by Gasteiger charge is 2.43. The highest BCUT2D eigenvalue weighted by atomic mass is 79.9. The number of anilines is 2. The molecule has 6 nitrogen and oxygen atoms in total. The number of amides is 2. The fourth-order valence-corrected chi connectivity index (χ4v) is 4.94. The lowest BCUT2D eigenvalue weighted by Crippen LogP contribution is -2.58. The number of nitrogens with one attached hydrogen (secondary N) is 1. The van der Waals surface area contributed by atoms with Crippen molar-refractivity contribution >= 4 is 50.9 Å². The van der Waals surface area contributed by atoms with E-state index in [0.29, 0.717) is 24.7 Å². The van der Waals surface area contributed by atoms with Gasteiger partial charge in [0.05, 0.1) is 17.1 Å². The summed E-state index contributed by atoms with van der Waals surface area (Å²) in [5.74, 6) is 2.05. The first-order chi connectivity index (χ1) is 13.9. The number of ether oxygens (including phenoxy) is 2. The number of hydrogen-bond acceptors (Lipinski definition) is 5. The number of rotatable bonds is 4. The van der Waals surface area contributed by atoms with Gasteiger partial charge in [-0.1, -0.05) is 28.1 Å². The second kappa shape index (κ2) is 7.91. The Bertz CT molecular complexity index is 979. The van der Waals surface area contributed by atoms with Gasteiger partial charge in [0, 0.05) is 10.2 Å². The topological polar surface area (TPSA) is 67.9 Å². The Labute approximate surface area is 182 Å². The number of nitrogens with zero attached hydrogens (tertiary/aromatic N) is 1. The molecule has 0 atom stereocenters. The van der Waals surface area contributed by atoms with E-state index in [0.717, 1.165) is 27.2 Å². The molecule has 0 fully saturated rings. The lowest BCUT2D eigenvalue weighted by atomic mass is 9.96. The van der Waals surface area contributed by atoms with Crippen molar-refractivity contribution in [2.75, 3.05) is 29.2 Å². The van der Waals surface area contributed by atoms with Crippen LogP contribution in [-0.2, 0) is 15.3 Å². The van der Waals surface area contributed by atoms with Gasteiger partial charge in [-0.15, -0.1) is 11.8 Å². The van der Waals surface area contributed by atoms with Gasteiger partial charge in [0.2, 0.25) is 11.8 Å². The second-order valence-electron chi connectivity index (χ2n) is 7.34. The fraction of sp³-hybridized carbons (Fsp3) is 0.333. The number of carbonyl (C=O) groups is 2. The van der Waals surface area contributed by atoms with E-state index in [9.17, 15) is 9.59 Å². The largest absolute Gasteiger partial charge is 0.486 e. The molecule has 0 aliphatic carbocycles. The number of fused-ring (bicyclic) bond motifs is 2. The maximum Gasteiger partial charge on any atom is 0.250 e. The van der Waals surface area contributed by atoms with Crippen LogP contribution in [0.15, 0.2) is 40.9 Å². The van der Waals surface area contributed by atoms with Crippen LogP contribution in [0.2, 0.25) is 0 Å². The van der Waals surface area contributed by atoms with Crippen LogP contribution in [0.25, 0.3) is 0 Å². The molecule has 152 valence electrons. The summed E-state index contributed by atoms with van der Waals surface area (Å²) < 4.78 is 12.2. The number of halogens is 1. The monoisotopic (exact) mass is 476 g/mol. The lowest BCUT2D eigenvalue weighted by molar-refractivity contribution is -0.125. The molecular formula is C21H21BrN2O4S. The molecule has 29 heavy (non-hydrogen) atoms. The molecular weight excluding hydrogens is 456 g/mol. The van der Waals surface area contributed by atoms with E-state index >= 15 is 0 Å². The summed E-state index contributed by atoms with van der Waals surface area (Å²) in [5.41, 5.74) is 1.46. The SMILES string of the molecule is CC1(C)C(=O)Nc2ccccc2N1C(=O)CSCc1cc2c(cc1Br)OCCO2. The summed E-state index contributed by atoms with van der Waals surface area (Å²) in [6.07, 6.45) is 0. The van der Waals surface area contributed by atoms with Gasteiger partial charge in [-0.05, 0) is 43.7 Å². The van der Waals surface area contributed by atoms with E-state index < -0.39 is 5.54 Å². The molecule has 2 amide bonds. The van der Waals surface area contributed by atoms with Crippen molar-refractivity contribution in [3.63, 3.8) is 0 Å². The van der Waals surface area contributed by atoms with Crippen LogP contribution >= 0.6 is 27.7 Å². The van der Waals surface area contributed by atoms with Gasteiger partial charge in [-0.25, -0.2) is 0 Å². The van der Waals surface area contributed by atoms with Gasteiger partial charge in [0.25, 0.3) is 0 Å². The molecule has 0 unspecified atom stereocenters. The number of para-hydroxylation sites is 2. The molecule has 0 saturated heterocycles. The molecule has 2 aromatic carbocycles. The minimum Gasteiger partial charge on any atom is -0.486 e. The standard InChI is InChI=1S/C21H21BrN2O4S/c1-21(2)20(26)23-15-5-3-4-6-16(15)24(21)19(25)12-29-11-13-9-17-18(10-14(13)22)28-8-7-27-17/h3-6,9-10H,7-8,11-12H2,1-2H3,(H,23,26). The third kappa shape index (κ3) is 3.83. The van der Waals surface area contributed by atoms with E-state index in [2.05, 4.69) is 21.2 Å². The Morgan fingerprint density at radius 3 is 2.66 bits per heavy atom. The Hall–Kier alpha value is -2.19. The van der Waals surface area contributed by atoms with Crippen molar-refractivity contribution in [2.24, 2.45) is 0 Å². The first kappa shape index (κ1) is 20.1. The van der Waals surface area contributed by atoms with E-state index in [1.165, 1.54) is 11.8 Å². The van der Waals surface area contributed by atoms with Crippen LogP contribution in [-0.4, -0.2) is 36.3 Å². The zero-order valence-electron chi connectivity index (χ0n) is 16.2. The summed E-state index contributed by atoms with van der Waals surface area (Å²) in [6, 6.07) is 11.2. The molecule has 2 aliphatic rings. The van der Waals surface area contributed by atoms with Crippen molar-refractivity contribution in [3.8, 4) is 11.5 Å². The van der Waals surface area contributed by atoms with Crippen LogP contribution in [0.1, 0.15) is 19.4 Å². The van der Waals surface area contributed by atoms with Crippen molar-refractivity contribution in [1.82, 2.24) is 0 Å². The summed E-state index contributed by atoms with van der Waals surface area (Å²) in [4.78, 5) is 27.2. The van der Waals surface area contributed by atoms with Gasteiger partial charge in [-0.2, -0.15) is 0 Å². The first-order valence-corrected chi connectivity index (χ1v) is 11.2. The Kier molecular flexibility index (Phi) is 5.48. The second-order valence-corrected chi connectivity index (χ2v) is 9.18. The van der Waals surface area contributed by atoms with Crippen molar-refractivity contribution in [3.05, 3.63) is 46.4 Å². The normalized spacial score (nSPS) is 16.8. The molecule has 0 spiro atoms. The molecule has 4 rings (SSSR count). The minimum absolute atomic E-state index is 0.101. The number of hydrogen-bond donors (Lipinski definition) is 1. The maximum absolute atomic E-state index is 13.1. The fourth-order valence-electron chi connectivity index (χ4n) is 3.43. The summed E-state index contributed by atoms with van der Waals surface area (Å²) >= 11 is 5.07. The summed E-state index contributed by atoms with van der Waals surface area (Å²) in [6.45, 7) is 4.60. The smallest absolute Gasteiger partial charge is 0.250 e. The predicted octanol–water partition coefficient (Wildman–Crippen LogP) is 4.22. The number of benzene rings is 2. The highest BCUT2D eigenvalue weighted by Crippen LogP contribution is 2.39. The predicted molar refractivity (Wildman–Crippen MR) is 118 cm³/mol. The molecule has 0 bridgehead atoms. The molecule has 0 aromatic heterocycles. The number of thioether (sulfide) groups is 1. The molecule has 2 heterocycles. The van der Waals surface area contributed by atoms with E-state index in [4.69, 9.17) is 9.47 Å². The van der Waals surface area contributed by atoms with E-state index in [1.54, 1.807) is 18.7 Å². The third-order valence-electron chi connectivity index (χ3n) is 4.95. The zero-order valence-corrected chi connectivity index (χ0v) is 18.6. The Morgan fingerprint density at radius 2 is 1.90 bits per heavy atom. The summed E-state index contributed by atoms with van der Waals surface area (Å²) in [7, 11) is 0. The van der Waals surface area contributed by atoms with Crippen LogP contribution in [0.5, 0.6) is 11.5 Å². The van der Waals surface area contributed by atoms with Gasteiger partial charge in [0.1, 0.15) is 18.8 Å². The average Bonchev–Trinajstić information content (AvgIpc) is 2.69. The average molecular weight is 477 g/mol. The molecule has 2 aromatic rings. The van der Waals surface area contributed by atoms with Crippen LogP contribution in [0, 0.1) is 0 Å². The molecule has 1 N–H and O–H groups in total. The maximum atomic E-state index is 13.1. The van der Waals surface area contributed by atoms with Gasteiger partial charge in [-0.3, -0.25) is 14.5 Å². The van der Waals surface area contributed by atoms with Crippen molar-refractivity contribution in [1.29, 1.82) is 0 Å². The van der Waals surface area contributed by atoms with Crippen LogP contribution < -0.4 is 19.7 Å². The molecule has 0 saturated carbocycles. The third-order valence-corrected chi connectivity index (χ3v) is 6.66. The molecule has 8 heteroatoms. The Morgan fingerprint density at radius 1 is 1.21 bits per heavy atom. The van der Waals surface area contributed by atoms with Crippen LogP contribution in [0.4, 0.5) is 11.4 Å². The number of carbonyl (C=O) groups excluding carboxylic acids is 2. The van der Waals surface area contributed by atoms with Crippen LogP contribution in [0.3, 0.4) is 0 Å². The van der Waals surface area contributed by atoms with Crippen molar-refractivity contribution in [2.45, 2.75) is 25.1 Å².